The zero-order valence-corrected chi connectivity index (χ0v) is 14.1. The van der Waals surface area contributed by atoms with E-state index in [1.54, 1.807) is 11.3 Å². The van der Waals surface area contributed by atoms with E-state index >= 15 is 0 Å². The Bertz CT molecular complexity index is 569. The molecule has 0 aromatic carbocycles. The molecule has 0 atom stereocenters. The molecule has 0 spiro atoms. The Morgan fingerprint density at radius 1 is 1.40 bits per heavy atom. The van der Waals surface area contributed by atoms with Crippen molar-refractivity contribution in [2.45, 2.75) is 51.6 Å². The molecule has 3 rings (SSSR count). The quantitative estimate of drug-likeness (QED) is 0.854. The SMILES string of the molecule is Cc1cn(Cc2sccc2Br)c(NC2CCCCC2)n1. The van der Waals surface area contributed by atoms with Crippen LogP contribution in [0.3, 0.4) is 0 Å². The van der Waals surface area contributed by atoms with Crippen molar-refractivity contribution in [1.29, 1.82) is 0 Å². The van der Waals surface area contributed by atoms with Crippen molar-refractivity contribution >= 4 is 33.2 Å². The molecule has 108 valence electrons. The van der Waals surface area contributed by atoms with E-state index in [0.29, 0.717) is 6.04 Å². The second-order valence-corrected chi connectivity index (χ2v) is 7.36. The summed E-state index contributed by atoms with van der Waals surface area (Å²) in [5, 5.41) is 5.77. The van der Waals surface area contributed by atoms with E-state index in [2.05, 4.69) is 55.4 Å². The van der Waals surface area contributed by atoms with Crippen LogP contribution in [0.4, 0.5) is 5.95 Å². The van der Waals surface area contributed by atoms with Crippen LogP contribution >= 0.6 is 27.3 Å². The van der Waals surface area contributed by atoms with E-state index in [1.165, 1.54) is 41.5 Å². The summed E-state index contributed by atoms with van der Waals surface area (Å²) in [5.74, 6) is 1.02. The van der Waals surface area contributed by atoms with Gasteiger partial charge in [0.2, 0.25) is 5.95 Å². The minimum Gasteiger partial charge on any atom is -0.353 e. The third-order valence-corrected chi connectivity index (χ3v) is 5.75. The Morgan fingerprint density at radius 3 is 2.90 bits per heavy atom. The molecule has 0 saturated heterocycles. The van der Waals surface area contributed by atoms with E-state index in [0.717, 1.165) is 18.2 Å². The topological polar surface area (TPSA) is 29.9 Å². The predicted octanol–water partition coefficient (Wildman–Crippen LogP) is 4.81. The van der Waals surface area contributed by atoms with E-state index in [4.69, 9.17) is 0 Å². The van der Waals surface area contributed by atoms with Gasteiger partial charge in [0, 0.05) is 21.6 Å². The molecular weight excluding hydrogens is 334 g/mol. The van der Waals surface area contributed by atoms with Crippen molar-refractivity contribution in [3.63, 3.8) is 0 Å². The summed E-state index contributed by atoms with van der Waals surface area (Å²) in [4.78, 5) is 6.00. The van der Waals surface area contributed by atoms with Crippen LogP contribution in [0.1, 0.15) is 42.7 Å². The summed E-state index contributed by atoms with van der Waals surface area (Å²) >= 11 is 5.40. The van der Waals surface area contributed by atoms with Crippen molar-refractivity contribution < 1.29 is 0 Å². The minimum absolute atomic E-state index is 0.594. The van der Waals surface area contributed by atoms with Gasteiger partial charge in [0.1, 0.15) is 0 Å². The normalized spacial score (nSPS) is 16.5. The minimum atomic E-state index is 0.594. The van der Waals surface area contributed by atoms with E-state index in [-0.39, 0.29) is 0 Å². The summed E-state index contributed by atoms with van der Waals surface area (Å²) in [6.45, 7) is 2.94. The van der Waals surface area contributed by atoms with Crippen molar-refractivity contribution in [3.8, 4) is 0 Å². The molecule has 0 bridgehead atoms. The van der Waals surface area contributed by atoms with Crippen molar-refractivity contribution in [1.82, 2.24) is 9.55 Å². The highest BCUT2D eigenvalue weighted by atomic mass is 79.9. The van der Waals surface area contributed by atoms with E-state index in [9.17, 15) is 0 Å². The van der Waals surface area contributed by atoms with Gasteiger partial charge in [-0.3, -0.25) is 0 Å². The molecule has 0 aliphatic heterocycles. The van der Waals surface area contributed by atoms with Crippen LogP contribution in [0.2, 0.25) is 0 Å². The van der Waals surface area contributed by atoms with Crippen LogP contribution in [0.15, 0.2) is 22.1 Å². The molecule has 5 heteroatoms. The Morgan fingerprint density at radius 2 is 2.20 bits per heavy atom. The van der Waals surface area contributed by atoms with Crippen LogP contribution in [-0.4, -0.2) is 15.6 Å². The molecule has 2 aromatic heterocycles. The zero-order valence-electron chi connectivity index (χ0n) is 11.7. The van der Waals surface area contributed by atoms with Gasteiger partial charge in [-0.05, 0) is 47.1 Å². The number of hydrogen-bond acceptors (Lipinski definition) is 3. The maximum atomic E-state index is 4.66. The Balaban J connectivity index is 1.75. The average molecular weight is 354 g/mol. The molecular formula is C15H20BrN3S. The standard InChI is InChI=1S/C15H20BrN3S/c1-11-9-19(10-14-13(16)7-8-20-14)15(17-11)18-12-5-3-2-4-6-12/h7-9,12H,2-6,10H2,1H3,(H,17,18). The van der Waals surface area contributed by atoms with Gasteiger partial charge in [-0.25, -0.2) is 4.98 Å². The third-order valence-electron chi connectivity index (χ3n) is 3.84. The third kappa shape index (κ3) is 3.26. The van der Waals surface area contributed by atoms with Gasteiger partial charge in [0.05, 0.1) is 12.2 Å². The first-order valence-electron chi connectivity index (χ1n) is 7.24. The lowest BCUT2D eigenvalue weighted by atomic mass is 9.96. The van der Waals surface area contributed by atoms with E-state index in [1.807, 2.05) is 0 Å². The lowest BCUT2D eigenvalue weighted by Gasteiger charge is -2.23. The molecule has 0 unspecified atom stereocenters. The first kappa shape index (κ1) is 14.1. The fourth-order valence-electron chi connectivity index (χ4n) is 2.80. The summed E-state index contributed by atoms with van der Waals surface area (Å²) < 4.78 is 3.43. The molecule has 1 fully saturated rings. The lowest BCUT2D eigenvalue weighted by molar-refractivity contribution is 0.459. The van der Waals surface area contributed by atoms with Crippen LogP contribution < -0.4 is 5.32 Å². The number of rotatable bonds is 4. The Hall–Kier alpha value is -0.810. The molecule has 20 heavy (non-hydrogen) atoms. The number of thiophene rings is 1. The number of imidazole rings is 1. The number of halogens is 1. The molecule has 1 N–H and O–H groups in total. The molecule has 2 aromatic rings. The van der Waals surface area contributed by atoms with Crippen LogP contribution in [-0.2, 0) is 6.54 Å². The Labute approximate surface area is 132 Å². The lowest BCUT2D eigenvalue weighted by Crippen LogP contribution is -2.24. The molecule has 1 aliphatic carbocycles. The van der Waals surface area contributed by atoms with Gasteiger partial charge in [-0.2, -0.15) is 0 Å². The van der Waals surface area contributed by atoms with Crippen molar-refractivity contribution in [2.75, 3.05) is 5.32 Å². The number of anilines is 1. The number of nitrogens with one attached hydrogen (secondary N) is 1. The van der Waals surface area contributed by atoms with Crippen molar-refractivity contribution in [3.05, 3.63) is 32.7 Å². The summed E-state index contributed by atoms with van der Waals surface area (Å²) in [5.41, 5.74) is 1.08. The number of aromatic nitrogens is 2. The second-order valence-electron chi connectivity index (χ2n) is 5.50. The molecule has 1 saturated carbocycles. The molecule has 1 aliphatic rings. The maximum absolute atomic E-state index is 4.66. The smallest absolute Gasteiger partial charge is 0.203 e. The highest BCUT2D eigenvalue weighted by Gasteiger charge is 2.16. The summed E-state index contributed by atoms with van der Waals surface area (Å²) in [6.07, 6.45) is 8.75. The van der Waals surface area contributed by atoms with Gasteiger partial charge in [0.15, 0.2) is 0 Å². The molecule has 0 amide bonds. The molecule has 0 radical (unpaired) electrons. The molecule has 2 heterocycles. The number of aryl methyl sites for hydroxylation is 1. The van der Waals surface area contributed by atoms with Crippen LogP contribution in [0.5, 0.6) is 0 Å². The summed E-state index contributed by atoms with van der Waals surface area (Å²) in [7, 11) is 0. The second kappa shape index (κ2) is 6.31. The van der Waals surface area contributed by atoms with Gasteiger partial charge in [-0.1, -0.05) is 19.3 Å². The fraction of sp³-hybridized carbons (Fsp3) is 0.533. The zero-order chi connectivity index (χ0) is 13.9. The fourth-order valence-corrected chi connectivity index (χ4v) is 4.28. The van der Waals surface area contributed by atoms with Gasteiger partial charge in [0.25, 0.3) is 0 Å². The van der Waals surface area contributed by atoms with Crippen LogP contribution in [0.25, 0.3) is 0 Å². The number of hydrogen-bond donors (Lipinski definition) is 1. The highest BCUT2D eigenvalue weighted by molar-refractivity contribution is 9.10. The summed E-state index contributed by atoms with van der Waals surface area (Å²) in [6, 6.07) is 2.70. The first-order valence-corrected chi connectivity index (χ1v) is 8.92. The maximum Gasteiger partial charge on any atom is 0.203 e. The Kier molecular flexibility index (Phi) is 4.46. The van der Waals surface area contributed by atoms with Gasteiger partial charge >= 0.3 is 0 Å². The largest absolute Gasteiger partial charge is 0.353 e. The van der Waals surface area contributed by atoms with Gasteiger partial charge < -0.3 is 9.88 Å². The van der Waals surface area contributed by atoms with Crippen LogP contribution in [0, 0.1) is 6.92 Å². The molecule has 3 nitrogen and oxygen atoms in total. The average Bonchev–Trinajstić information content (AvgIpc) is 2.98. The number of nitrogens with zero attached hydrogens (tertiary/aromatic N) is 2. The van der Waals surface area contributed by atoms with Crippen molar-refractivity contribution in [2.24, 2.45) is 0 Å². The first-order chi connectivity index (χ1) is 9.72. The predicted molar refractivity (Wildman–Crippen MR) is 88.6 cm³/mol. The monoisotopic (exact) mass is 353 g/mol. The highest BCUT2D eigenvalue weighted by Crippen LogP contribution is 2.26. The van der Waals surface area contributed by atoms with E-state index < -0.39 is 0 Å². The van der Waals surface area contributed by atoms with Gasteiger partial charge in [-0.15, -0.1) is 11.3 Å².